The topological polar surface area (TPSA) is 60.7 Å². The number of carbonyl (C=O) groups excluding carboxylic acids is 1. The summed E-state index contributed by atoms with van der Waals surface area (Å²) in [6.45, 7) is 3.49. The van der Waals surface area contributed by atoms with Gasteiger partial charge >= 0.3 is 5.97 Å². The van der Waals surface area contributed by atoms with Crippen molar-refractivity contribution in [2.45, 2.75) is 38.5 Å². The Hall–Kier alpha value is -1.33. The highest BCUT2D eigenvalue weighted by Crippen LogP contribution is 2.15. The molecule has 18 heavy (non-hydrogen) atoms. The molecule has 0 radical (unpaired) electrons. The smallest absolute Gasteiger partial charge is 0.373 e. The second-order valence-electron chi connectivity index (χ2n) is 4.54. The molecule has 2 atom stereocenters. The third-order valence-electron chi connectivity index (χ3n) is 3.10. The Labute approximate surface area is 106 Å². The van der Waals surface area contributed by atoms with E-state index in [1.807, 2.05) is 0 Å². The molecule has 1 fully saturated rings. The van der Waals surface area contributed by atoms with Gasteiger partial charge in [-0.1, -0.05) is 0 Å². The SMILES string of the molecule is COC(=O)c1ccc(CNC2CCOC(C)C2)o1. The molecule has 0 amide bonds. The normalized spacial score (nSPS) is 23.9. The molecule has 1 N–H and O–H groups in total. The van der Waals surface area contributed by atoms with Crippen LogP contribution in [0.2, 0.25) is 0 Å². The molecule has 1 aliphatic rings. The predicted molar refractivity (Wildman–Crippen MR) is 65.3 cm³/mol. The minimum Gasteiger partial charge on any atom is -0.463 e. The minimum absolute atomic E-state index is 0.245. The lowest BCUT2D eigenvalue weighted by Crippen LogP contribution is -2.37. The predicted octanol–water partition coefficient (Wildman–Crippen LogP) is 1.72. The molecule has 0 spiro atoms. The van der Waals surface area contributed by atoms with Crippen LogP contribution in [0.1, 0.15) is 36.1 Å². The van der Waals surface area contributed by atoms with E-state index in [1.165, 1.54) is 7.11 Å². The van der Waals surface area contributed by atoms with Crippen LogP contribution in [0.15, 0.2) is 16.5 Å². The average molecular weight is 253 g/mol. The summed E-state index contributed by atoms with van der Waals surface area (Å²) < 4.78 is 15.5. The first-order valence-corrected chi connectivity index (χ1v) is 6.21. The molecule has 5 nitrogen and oxygen atoms in total. The van der Waals surface area contributed by atoms with Gasteiger partial charge in [0, 0.05) is 12.6 Å². The molecular formula is C13H19NO4. The molecule has 5 heteroatoms. The highest BCUT2D eigenvalue weighted by Gasteiger charge is 2.19. The Bertz CT molecular complexity index is 401. The van der Waals surface area contributed by atoms with E-state index in [2.05, 4.69) is 17.0 Å². The number of methoxy groups -OCH3 is 1. The number of esters is 1. The summed E-state index contributed by atoms with van der Waals surface area (Å²) in [6.07, 6.45) is 2.32. The van der Waals surface area contributed by atoms with E-state index >= 15 is 0 Å². The number of carbonyl (C=O) groups is 1. The summed E-state index contributed by atoms with van der Waals surface area (Å²) in [7, 11) is 1.34. The molecule has 0 aliphatic carbocycles. The van der Waals surface area contributed by atoms with Gasteiger partial charge in [0.15, 0.2) is 0 Å². The van der Waals surface area contributed by atoms with Crippen LogP contribution in [0.4, 0.5) is 0 Å². The minimum atomic E-state index is -0.444. The van der Waals surface area contributed by atoms with Gasteiger partial charge < -0.3 is 19.2 Å². The second kappa shape index (κ2) is 6.02. The summed E-state index contributed by atoms with van der Waals surface area (Å²) in [5.41, 5.74) is 0. The molecule has 0 bridgehead atoms. The van der Waals surface area contributed by atoms with Gasteiger partial charge in [-0.05, 0) is 31.9 Å². The van der Waals surface area contributed by atoms with Gasteiger partial charge in [0.2, 0.25) is 5.76 Å². The van der Waals surface area contributed by atoms with Crippen LogP contribution in [-0.2, 0) is 16.0 Å². The number of furan rings is 1. The van der Waals surface area contributed by atoms with Gasteiger partial charge in [-0.15, -0.1) is 0 Å². The van der Waals surface area contributed by atoms with Gasteiger partial charge in [-0.3, -0.25) is 0 Å². The fourth-order valence-corrected chi connectivity index (χ4v) is 2.11. The van der Waals surface area contributed by atoms with Crippen LogP contribution in [0.3, 0.4) is 0 Å². The molecule has 0 aromatic carbocycles. The third kappa shape index (κ3) is 3.34. The summed E-state index contributed by atoms with van der Waals surface area (Å²) in [4.78, 5) is 11.2. The third-order valence-corrected chi connectivity index (χ3v) is 3.10. The number of ether oxygens (including phenoxy) is 2. The molecule has 2 unspecified atom stereocenters. The van der Waals surface area contributed by atoms with Crippen molar-refractivity contribution in [1.29, 1.82) is 0 Å². The van der Waals surface area contributed by atoms with E-state index in [0.717, 1.165) is 25.2 Å². The Morgan fingerprint density at radius 3 is 3.11 bits per heavy atom. The zero-order valence-corrected chi connectivity index (χ0v) is 10.8. The Balaban J connectivity index is 1.82. The van der Waals surface area contributed by atoms with Crippen molar-refractivity contribution >= 4 is 5.97 Å². The van der Waals surface area contributed by atoms with Crippen LogP contribution in [0, 0.1) is 0 Å². The maximum Gasteiger partial charge on any atom is 0.373 e. The van der Waals surface area contributed by atoms with Crippen molar-refractivity contribution in [1.82, 2.24) is 5.32 Å². The molecule has 0 saturated carbocycles. The highest BCUT2D eigenvalue weighted by atomic mass is 16.5. The molecule has 100 valence electrons. The largest absolute Gasteiger partial charge is 0.463 e. The van der Waals surface area contributed by atoms with Crippen LogP contribution in [-0.4, -0.2) is 31.8 Å². The summed E-state index contributed by atoms with van der Waals surface area (Å²) in [5, 5.41) is 3.41. The molecule has 2 heterocycles. The lowest BCUT2D eigenvalue weighted by atomic mass is 10.0. The zero-order valence-electron chi connectivity index (χ0n) is 10.8. The Morgan fingerprint density at radius 1 is 1.56 bits per heavy atom. The molecule has 1 aromatic heterocycles. The van der Waals surface area contributed by atoms with Crippen molar-refractivity contribution in [3.63, 3.8) is 0 Å². The summed E-state index contributed by atoms with van der Waals surface area (Å²) in [5.74, 6) is 0.546. The first-order valence-electron chi connectivity index (χ1n) is 6.21. The summed E-state index contributed by atoms with van der Waals surface area (Å²) >= 11 is 0. The van der Waals surface area contributed by atoms with Crippen LogP contribution in [0.5, 0.6) is 0 Å². The van der Waals surface area contributed by atoms with E-state index < -0.39 is 5.97 Å². The second-order valence-corrected chi connectivity index (χ2v) is 4.54. The van der Waals surface area contributed by atoms with Crippen molar-refractivity contribution < 1.29 is 18.7 Å². The molecule has 1 aromatic rings. The number of rotatable bonds is 4. The van der Waals surface area contributed by atoms with Gasteiger partial charge in [0.05, 0.1) is 19.8 Å². The van der Waals surface area contributed by atoms with E-state index in [-0.39, 0.29) is 5.76 Å². The van der Waals surface area contributed by atoms with Crippen LogP contribution < -0.4 is 5.32 Å². The van der Waals surface area contributed by atoms with E-state index in [4.69, 9.17) is 9.15 Å². The van der Waals surface area contributed by atoms with Crippen molar-refractivity contribution in [2.75, 3.05) is 13.7 Å². The standard InChI is InChI=1S/C13H19NO4/c1-9-7-10(5-6-17-9)14-8-11-3-4-12(18-11)13(15)16-2/h3-4,9-10,14H,5-8H2,1-2H3. The fourth-order valence-electron chi connectivity index (χ4n) is 2.11. The quantitative estimate of drug-likeness (QED) is 0.828. The van der Waals surface area contributed by atoms with Gasteiger partial charge in [0.1, 0.15) is 5.76 Å². The van der Waals surface area contributed by atoms with Crippen LogP contribution >= 0.6 is 0 Å². The molecule has 2 rings (SSSR count). The highest BCUT2D eigenvalue weighted by molar-refractivity contribution is 5.86. The van der Waals surface area contributed by atoms with E-state index in [9.17, 15) is 4.79 Å². The maximum atomic E-state index is 11.2. The lowest BCUT2D eigenvalue weighted by Gasteiger charge is -2.27. The monoisotopic (exact) mass is 253 g/mol. The molecular weight excluding hydrogens is 234 g/mol. The van der Waals surface area contributed by atoms with Gasteiger partial charge in [-0.2, -0.15) is 0 Å². The van der Waals surface area contributed by atoms with E-state index in [1.54, 1.807) is 12.1 Å². The first kappa shape index (κ1) is 13.1. The first-order chi connectivity index (χ1) is 8.69. The van der Waals surface area contributed by atoms with Crippen LogP contribution in [0.25, 0.3) is 0 Å². The van der Waals surface area contributed by atoms with E-state index in [0.29, 0.717) is 18.7 Å². The Kier molecular flexibility index (Phi) is 4.38. The van der Waals surface area contributed by atoms with Gasteiger partial charge in [-0.25, -0.2) is 4.79 Å². The Morgan fingerprint density at radius 2 is 2.39 bits per heavy atom. The average Bonchev–Trinajstić information content (AvgIpc) is 2.84. The molecule has 1 saturated heterocycles. The zero-order chi connectivity index (χ0) is 13.0. The lowest BCUT2D eigenvalue weighted by molar-refractivity contribution is 0.0127. The fraction of sp³-hybridized carbons (Fsp3) is 0.615. The van der Waals surface area contributed by atoms with Crippen molar-refractivity contribution in [3.05, 3.63) is 23.7 Å². The number of nitrogens with one attached hydrogen (secondary N) is 1. The van der Waals surface area contributed by atoms with Crippen molar-refractivity contribution in [3.8, 4) is 0 Å². The number of hydrogen-bond donors (Lipinski definition) is 1. The van der Waals surface area contributed by atoms with Crippen molar-refractivity contribution in [2.24, 2.45) is 0 Å². The molecule has 1 aliphatic heterocycles. The maximum absolute atomic E-state index is 11.2. The van der Waals surface area contributed by atoms with Gasteiger partial charge in [0.25, 0.3) is 0 Å². The summed E-state index contributed by atoms with van der Waals surface area (Å²) in [6, 6.07) is 3.87. The number of hydrogen-bond acceptors (Lipinski definition) is 5.